The van der Waals surface area contributed by atoms with Crippen molar-refractivity contribution in [2.75, 3.05) is 11.1 Å². The van der Waals surface area contributed by atoms with E-state index in [2.05, 4.69) is 20.0 Å². The Morgan fingerprint density at radius 1 is 1.15 bits per heavy atom. The molecule has 4 aromatic rings. The number of phosphoric acid groups is 1. The van der Waals surface area contributed by atoms with Gasteiger partial charge in [-0.05, 0) is 29.3 Å². The van der Waals surface area contributed by atoms with Crippen molar-refractivity contribution in [3.8, 4) is 11.3 Å². The smallest absolute Gasteiger partial charge is 0.381 e. The molecular formula is C22H22FN5O5P+. The number of nitrogen functional groups attached to an aromatic ring is 1. The quantitative estimate of drug-likeness (QED) is 0.159. The number of phosphoric ester groups is 1. The Hall–Kier alpha value is -3.63. The normalized spacial score (nSPS) is 11.5. The molecule has 1 aromatic carbocycles. The van der Waals surface area contributed by atoms with Gasteiger partial charge in [-0.2, -0.15) is 4.39 Å². The number of hydrogen-bond acceptors (Lipinski definition) is 7. The van der Waals surface area contributed by atoms with Crippen LogP contribution >= 0.6 is 7.82 Å². The predicted molar refractivity (Wildman–Crippen MR) is 120 cm³/mol. The molecule has 0 aliphatic rings. The van der Waals surface area contributed by atoms with Crippen molar-refractivity contribution in [2.24, 2.45) is 0 Å². The Labute approximate surface area is 194 Å². The van der Waals surface area contributed by atoms with Crippen LogP contribution in [-0.4, -0.2) is 19.9 Å². The second-order valence-corrected chi connectivity index (χ2v) is 8.66. The number of pyridine rings is 2. The van der Waals surface area contributed by atoms with Gasteiger partial charge in [0.05, 0.1) is 11.9 Å². The summed E-state index contributed by atoms with van der Waals surface area (Å²) in [5, 5.41) is 7.25. The van der Waals surface area contributed by atoms with Crippen LogP contribution < -0.4 is 15.6 Å². The van der Waals surface area contributed by atoms with Gasteiger partial charge in [0.15, 0.2) is 5.76 Å². The van der Waals surface area contributed by atoms with Gasteiger partial charge in [0, 0.05) is 37.0 Å². The first kappa shape index (κ1) is 23.5. The number of hydrogen-bond donors (Lipinski definition) is 4. The van der Waals surface area contributed by atoms with Crippen molar-refractivity contribution in [1.82, 2.24) is 10.1 Å². The fourth-order valence-electron chi connectivity index (χ4n) is 3.24. The van der Waals surface area contributed by atoms with E-state index in [1.807, 2.05) is 24.3 Å². The zero-order valence-electron chi connectivity index (χ0n) is 17.8. The highest BCUT2D eigenvalue weighted by atomic mass is 31.2. The lowest BCUT2D eigenvalue weighted by Crippen LogP contribution is -2.38. The van der Waals surface area contributed by atoms with Crippen LogP contribution in [0.25, 0.3) is 11.3 Å². The molecule has 5 N–H and O–H groups in total. The summed E-state index contributed by atoms with van der Waals surface area (Å²) in [7, 11) is -4.63. The molecule has 176 valence electrons. The first-order chi connectivity index (χ1) is 16.3. The Morgan fingerprint density at radius 3 is 2.65 bits per heavy atom. The Morgan fingerprint density at radius 2 is 1.91 bits per heavy atom. The molecule has 0 amide bonds. The van der Waals surface area contributed by atoms with E-state index in [0.29, 0.717) is 35.7 Å². The lowest BCUT2D eigenvalue weighted by atomic mass is 10.1. The monoisotopic (exact) mass is 486 g/mol. The molecule has 3 aromatic heterocycles. The average molecular weight is 486 g/mol. The summed E-state index contributed by atoms with van der Waals surface area (Å²) in [6.07, 6.45) is 3.47. The van der Waals surface area contributed by atoms with Crippen LogP contribution in [0.1, 0.15) is 16.8 Å². The Bertz CT molecular complexity index is 1330. The predicted octanol–water partition coefficient (Wildman–Crippen LogP) is 3.02. The van der Waals surface area contributed by atoms with E-state index < -0.39 is 20.5 Å². The largest absolute Gasteiger partial charge is 0.472 e. The molecule has 0 aliphatic carbocycles. The van der Waals surface area contributed by atoms with Gasteiger partial charge < -0.3 is 19.6 Å². The van der Waals surface area contributed by atoms with Crippen molar-refractivity contribution in [3.63, 3.8) is 0 Å². The minimum Gasteiger partial charge on any atom is -0.381 e. The summed E-state index contributed by atoms with van der Waals surface area (Å²) >= 11 is 0. The summed E-state index contributed by atoms with van der Waals surface area (Å²) in [5.41, 5.74) is 10.0. The van der Waals surface area contributed by atoms with Crippen LogP contribution in [0.3, 0.4) is 0 Å². The first-order valence-corrected chi connectivity index (χ1v) is 11.7. The Kier molecular flexibility index (Phi) is 6.99. The van der Waals surface area contributed by atoms with Crippen molar-refractivity contribution in [2.45, 2.75) is 19.7 Å². The highest BCUT2D eigenvalue weighted by Gasteiger charge is 2.20. The highest BCUT2D eigenvalue weighted by molar-refractivity contribution is 7.46. The summed E-state index contributed by atoms with van der Waals surface area (Å²) in [6, 6.07) is 16.1. The molecule has 0 saturated carbocycles. The maximum absolute atomic E-state index is 13.2. The zero-order valence-corrected chi connectivity index (χ0v) is 18.7. The number of aromatic nitrogens is 3. The van der Waals surface area contributed by atoms with E-state index >= 15 is 0 Å². The molecule has 0 atom stereocenters. The van der Waals surface area contributed by atoms with E-state index in [0.717, 1.165) is 11.1 Å². The van der Waals surface area contributed by atoms with E-state index in [9.17, 15) is 8.96 Å². The fourth-order valence-corrected chi connectivity index (χ4v) is 3.52. The van der Waals surface area contributed by atoms with Gasteiger partial charge in [-0.15, -0.1) is 0 Å². The molecule has 34 heavy (non-hydrogen) atoms. The van der Waals surface area contributed by atoms with E-state index in [1.165, 1.54) is 23.0 Å². The number of benzene rings is 1. The third-order valence-electron chi connectivity index (χ3n) is 4.94. The van der Waals surface area contributed by atoms with Crippen LogP contribution in [0, 0.1) is 5.95 Å². The number of anilines is 2. The first-order valence-electron chi connectivity index (χ1n) is 10.1. The van der Waals surface area contributed by atoms with Gasteiger partial charge in [-0.25, -0.2) is 18.6 Å². The van der Waals surface area contributed by atoms with E-state index in [1.54, 1.807) is 24.3 Å². The molecule has 4 rings (SSSR count). The topological polar surface area (TPSA) is 148 Å². The summed E-state index contributed by atoms with van der Waals surface area (Å²) in [6.45, 7) is 0.124. The molecule has 10 nitrogen and oxygen atoms in total. The molecule has 12 heteroatoms. The highest BCUT2D eigenvalue weighted by Crippen LogP contribution is 2.35. The van der Waals surface area contributed by atoms with Crippen LogP contribution in [0.4, 0.5) is 15.9 Å². The SMILES string of the molecule is Nc1c(-c2cc(Cc3ccc(CNc4ccnc(F)c4)cc3)no2)ccc[n+]1COP(=O)(O)O. The molecular weight excluding hydrogens is 464 g/mol. The third kappa shape index (κ3) is 6.24. The minimum atomic E-state index is -4.63. The lowest BCUT2D eigenvalue weighted by molar-refractivity contribution is -0.711. The maximum Gasteiger partial charge on any atom is 0.472 e. The molecule has 0 saturated heterocycles. The van der Waals surface area contributed by atoms with E-state index in [-0.39, 0.29) is 5.82 Å². The van der Waals surface area contributed by atoms with Crippen LogP contribution in [0.5, 0.6) is 0 Å². The lowest BCUT2D eigenvalue weighted by Gasteiger charge is -2.07. The van der Waals surface area contributed by atoms with Crippen molar-refractivity contribution >= 4 is 19.3 Å². The van der Waals surface area contributed by atoms with Crippen LogP contribution in [0.15, 0.2) is 71.5 Å². The number of nitrogens with two attached hydrogens (primary N) is 1. The molecule has 0 fully saturated rings. The minimum absolute atomic E-state index is 0.213. The number of rotatable bonds is 9. The van der Waals surface area contributed by atoms with Crippen molar-refractivity contribution in [3.05, 3.63) is 89.8 Å². The van der Waals surface area contributed by atoms with Gasteiger partial charge in [0.2, 0.25) is 12.7 Å². The Balaban J connectivity index is 1.40. The molecule has 0 aliphatic heterocycles. The zero-order chi connectivity index (χ0) is 24.1. The van der Waals surface area contributed by atoms with Crippen molar-refractivity contribution < 1.29 is 32.4 Å². The third-order valence-corrected chi connectivity index (χ3v) is 5.39. The molecule has 0 radical (unpaired) electrons. The standard InChI is InChI=1S/C22H21FN5O5P/c23-21-12-17(7-8-25-21)26-13-16-5-3-15(4-6-16)10-18-11-20(33-27-18)19-2-1-9-28(22(19)24)14-32-34(29,30)31/h1-9,11-12,24H,10,13-14H2,(H3,25,26,29,30,31)/p+1. The summed E-state index contributed by atoms with van der Waals surface area (Å²) in [5.74, 6) is 0.0990. The molecule has 0 unspecified atom stereocenters. The summed E-state index contributed by atoms with van der Waals surface area (Å²) < 4.78 is 35.4. The van der Waals surface area contributed by atoms with Gasteiger partial charge in [-0.1, -0.05) is 29.4 Å². The number of nitrogens with zero attached hydrogens (tertiary/aromatic N) is 3. The molecule has 3 heterocycles. The number of halogens is 1. The summed E-state index contributed by atoms with van der Waals surface area (Å²) in [4.78, 5) is 21.3. The van der Waals surface area contributed by atoms with Gasteiger partial charge in [-0.3, -0.25) is 5.73 Å². The average Bonchev–Trinajstić information content (AvgIpc) is 3.25. The fraction of sp³-hybridized carbons (Fsp3) is 0.136. The molecule has 0 spiro atoms. The second kappa shape index (κ2) is 10.1. The molecule has 0 bridgehead atoms. The van der Waals surface area contributed by atoms with E-state index in [4.69, 9.17) is 20.0 Å². The van der Waals surface area contributed by atoms with Crippen molar-refractivity contribution in [1.29, 1.82) is 0 Å². The van der Waals surface area contributed by atoms with Crippen LogP contribution in [0.2, 0.25) is 0 Å². The van der Waals surface area contributed by atoms with Gasteiger partial charge in [0.25, 0.3) is 5.82 Å². The van der Waals surface area contributed by atoms with Gasteiger partial charge >= 0.3 is 7.82 Å². The van der Waals surface area contributed by atoms with Gasteiger partial charge in [0.1, 0.15) is 5.56 Å². The van der Waals surface area contributed by atoms with Crippen LogP contribution in [-0.2, 0) is 28.8 Å². The maximum atomic E-state index is 13.2. The number of nitrogens with one attached hydrogen (secondary N) is 1. The second-order valence-electron chi connectivity index (χ2n) is 7.42.